The SMILES string of the molecule is CC[C@@H]1c2ccccc2-c2cc3c4ccc5ccccc5c4n(-c4nc(-c5ccc6c(c5)c5ccccc5n6-c5ccccc5)c5ccccc5n4)c3c(c2C)-c2ccccc21. The van der Waals surface area contributed by atoms with Gasteiger partial charge in [-0.25, -0.2) is 9.97 Å². The van der Waals surface area contributed by atoms with Gasteiger partial charge in [-0.2, -0.15) is 0 Å². The molecule has 0 unspecified atom stereocenters. The number of aromatic nitrogens is 4. The maximum atomic E-state index is 5.73. The number of rotatable bonds is 4. The van der Waals surface area contributed by atoms with Crippen molar-refractivity contribution in [2.24, 2.45) is 0 Å². The number of hydrogen-bond donors (Lipinski definition) is 0. The Morgan fingerprint density at radius 3 is 1.98 bits per heavy atom. The number of hydrogen-bond acceptors (Lipinski definition) is 2. The molecule has 4 nitrogen and oxygen atoms in total. The first-order valence-electron chi connectivity index (χ1n) is 21.7. The third-order valence-corrected chi connectivity index (χ3v) is 13.6. The topological polar surface area (TPSA) is 35.6 Å². The van der Waals surface area contributed by atoms with Crippen molar-refractivity contribution in [1.82, 2.24) is 19.1 Å². The molecule has 0 fully saturated rings. The average molecular weight is 793 g/mol. The molecule has 0 saturated carbocycles. The summed E-state index contributed by atoms with van der Waals surface area (Å²) in [7, 11) is 0. The number of fused-ring (bicyclic) bond motifs is 16. The summed E-state index contributed by atoms with van der Waals surface area (Å²) in [5, 5.41) is 8.18. The molecule has 3 heterocycles. The van der Waals surface area contributed by atoms with Crippen LogP contribution in [0.15, 0.2) is 188 Å². The largest absolute Gasteiger partial charge is 0.309 e. The zero-order valence-corrected chi connectivity index (χ0v) is 34.5. The van der Waals surface area contributed by atoms with Gasteiger partial charge in [0.05, 0.1) is 33.3 Å². The normalized spacial score (nSPS) is 13.5. The third-order valence-electron chi connectivity index (χ3n) is 13.6. The molecular formula is C58H40N4. The van der Waals surface area contributed by atoms with Gasteiger partial charge in [-0.15, -0.1) is 0 Å². The molecule has 0 N–H and O–H groups in total. The summed E-state index contributed by atoms with van der Waals surface area (Å²) in [5.74, 6) is 0.914. The van der Waals surface area contributed by atoms with Crippen LogP contribution in [0.2, 0.25) is 0 Å². The van der Waals surface area contributed by atoms with Crippen LogP contribution < -0.4 is 0 Å². The van der Waals surface area contributed by atoms with Gasteiger partial charge in [-0.1, -0.05) is 153 Å². The Morgan fingerprint density at radius 1 is 0.468 bits per heavy atom. The van der Waals surface area contributed by atoms with Gasteiger partial charge in [-0.3, -0.25) is 4.57 Å². The molecule has 1 aliphatic carbocycles. The Bertz CT molecular complexity index is 3810. The molecule has 0 aliphatic heterocycles. The van der Waals surface area contributed by atoms with Crippen LogP contribution in [0.3, 0.4) is 0 Å². The summed E-state index contributed by atoms with van der Waals surface area (Å²) in [4.78, 5) is 11.3. The molecule has 9 aromatic carbocycles. The molecule has 3 aromatic heterocycles. The number of benzene rings is 9. The zero-order valence-electron chi connectivity index (χ0n) is 34.5. The van der Waals surface area contributed by atoms with E-state index in [1.165, 1.54) is 76.8 Å². The molecule has 62 heavy (non-hydrogen) atoms. The Morgan fingerprint density at radius 2 is 1.15 bits per heavy atom. The zero-order chi connectivity index (χ0) is 41.1. The second kappa shape index (κ2) is 13.3. The van der Waals surface area contributed by atoms with Gasteiger partial charge in [0.15, 0.2) is 0 Å². The van der Waals surface area contributed by atoms with Crippen LogP contribution in [-0.2, 0) is 0 Å². The van der Waals surface area contributed by atoms with Gasteiger partial charge in [0.25, 0.3) is 0 Å². The minimum absolute atomic E-state index is 0.250. The molecule has 12 aromatic rings. The summed E-state index contributed by atoms with van der Waals surface area (Å²) < 4.78 is 4.77. The highest BCUT2D eigenvalue weighted by molar-refractivity contribution is 6.22. The van der Waals surface area contributed by atoms with E-state index < -0.39 is 0 Å². The lowest BCUT2D eigenvalue weighted by atomic mass is 9.76. The second-order valence-corrected chi connectivity index (χ2v) is 16.8. The van der Waals surface area contributed by atoms with Crippen LogP contribution in [0.5, 0.6) is 0 Å². The van der Waals surface area contributed by atoms with Crippen LogP contribution in [0.4, 0.5) is 0 Å². The molecule has 4 heteroatoms. The van der Waals surface area contributed by atoms with Crippen LogP contribution in [-0.4, -0.2) is 19.1 Å². The highest BCUT2D eigenvalue weighted by Gasteiger charge is 2.30. The van der Waals surface area contributed by atoms with Crippen molar-refractivity contribution >= 4 is 65.3 Å². The van der Waals surface area contributed by atoms with Crippen LogP contribution in [0.1, 0.15) is 36.0 Å². The predicted octanol–water partition coefficient (Wildman–Crippen LogP) is 15.1. The summed E-state index contributed by atoms with van der Waals surface area (Å²) in [5.41, 5.74) is 17.7. The van der Waals surface area contributed by atoms with Crippen molar-refractivity contribution in [3.8, 4) is 45.1 Å². The Kier molecular flexibility index (Phi) is 7.53. The smallest absolute Gasteiger partial charge is 0.235 e. The molecule has 1 atom stereocenters. The van der Waals surface area contributed by atoms with Crippen molar-refractivity contribution in [2.45, 2.75) is 26.2 Å². The third kappa shape index (κ3) is 4.89. The first-order valence-corrected chi connectivity index (χ1v) is 21.7. The van der Waals surface area contributed by atoms with E-state index in [1.54, 1.807) is 0 Å². The lowest BCUT2D eigenvalue weighted by Crippen LogP contribution is -2.10. The molecular weight excluding hydrogens is 753 g/mol. The summed E-state index contributed by atoms with van der Waals surface area (Å²) in [6.07, 6.45) is 1.000. The highest BCUT2D eigenvalue weighted by Crippen LogP contribution is 2.51. The van der Waals surface area contributed by atoms with Gasteiger partial charge < -0.3 is 4.57 Å². The Balaban J connectivity index is 1.17. The van der Waals surface area contributed by atoms with Crippen molar-refractivity contribution in [2.75, 3.05) is 0 Å². The quantitative estimate of drug-likeness (QED) is 0.178. The van der Waals surface area contributed by atoms with Gasteiger partial charge in [0, 0.05) is 55.0 Å². The van der Waals surface area contributed by atoms with E-state index in [0.29, 0.717) is 5.95 Å². The molecule has 1 aliphatic rings. The summed E-state index contributed by atoms with van der Waals surface area (Å²) >= 11 is 0. The lowest BCUT2D eigenvalue weighted by Gasteiger charge is -2.28. The summed E-state index contributed by atoms with van der Waals surface area (Å²) in [6.45, 7) is 4.64. The van der Waals surface area contributed by atoms with E-state index >= 15 is 0 Å². The molecule has 292 valence electrons. The van der Waals surface area contributed by atoms with Gasteiger partial charge in [0.2, 0.25) is 5.95 Å². The second-order valence-electron chi connectivity index (χ2n) is 16.8. The van der Waals surface area contributed by atoms with E-state index in [1.807, 2.05) is 0 Å². The van der Waals surface area contributed by atoms with Crippen LogP contribution in [0.25, 0.3) is 110 Å². The van der Waals surface area contributed by atoms with Gasteiger partial charge in [0.1, 0.15) is 0 Å². The van der Waals surface area contributed by atoms with Gasteiger partial charge >= 0.3 is 0 Å². The van der Waals surface area contributed by atoms with E-state index in [2.05, 4.69) is 211 Å². The van der Waals surface area contributed by atoms with E-state index in [0.717, 1.165) is 50.8 Å². The van der Waals surface area contributed by atoms with E-state index in [-0.39, 0.29) is 5.92 Å². The maximum Gasteiger partial charge on any atom is 0.235 e. The fourth-order valence-corrected chi connectivity index (χ4v) is 10.9. The minimum Gasteiger partial charge on any atom is -0.309 e. The number of para-hydroxylation sites is 3. The monoisotopic (exact) mass is 792 g/mol. The Hall–Kier alpha value is -7.82. The van der Waals surface area contributed by atoms with E-state index in [4.69, 9.17) is 9.97 Å². The van der Waals surface area contributed by atoms with Crippen molar-refractivity contribution in [3.63, 3.8) is 0 Å². The molecule has 2 bridgehead atoms. The van der Waals surface area contributed by atoms with Crippen molar-refractivity contribution in [1.29, 1.82) is 0 Å². The fraction of sp³-hybridized carbons (Fsp3) is 0.0690. The van der Waals surface area contributed by atoms with Gasteiger partial charge in [-0.05, 0) is 94.6 Å². The van der Waals surface area contributed by atoms with Crippen molar-refractivity contribution < 1.29 is 0 Å². The van der Waals surface area contributed by atoms with E-state index in [9.17, 15) is 0 Å². The lowest BCUT2D eigenvalue weighted by molar-refractivity contribution is 0.779. The fourth-order valence-electron chi connectivity index (χ4n) is 10.9. The summed E-state index contributed by atoms with van der Waals surface area (Å²) in [6, 6.07) is 68.7. The minimum atomic E-state index is 0.250. The van der Waals surface area contributed by atoms with Crippen LogP contribution in [0, 0.1) is 6.92 Å². The predicted molar refractivity (Wildman–Crippen MR) is 259 cm³/mol. The first kappa shape index (κ1) is 35.0. The standard InChI is InChI=1S/C58H40N4/c1-3-39-41-21-9-10-23-43(41)48-34-50-46-31-29-36-17-7-8-20-40(36)56(46)62(57(50)54(35(48)2)45-25-12-11-22-42(39)45)58-59-51-27-15-13-26-47(51)55(60-58)37-30-32-53-49(33-37)44-24-14-16-28-52(44)61(53)38-18-5-4-6-19-38/h4-34,39H,3H2,1-2H3/t39-/m1/s1. The molecule has 0 spiro atoms. The molecule has 13 rings (SSSR count). The first-order chi connectivity index (χ1) is 30.7. The highest BCUT2D eigenvalue weighted by atomic mass is 15.2. The maximum absolute atomic E-state index is 5.73. The van der Waals surface area contributed by atoms with Crippen molar-refractivity contribution in [3.05, 3.63) is 205 Å². The van der Waals surface area contributed by atoms with Crippen LogP contribution >= 0.6 is 0 Å². The number of nitrogens with zero attached hydrogens (tertiary/aromatic N) is 4. The molecule has 0 saturated heterocycles. The average Bonchev–Trinajstić information content (AvgIpc) is 3.84. The Labute approximate surface area is 359 Å². The molecule has 0 radical (unpaired) electrons. The molecule has 0 amide bonds.